The number of ether oxygens (including phenoxy) is 3. The molecule has 0 unspecified atom stereocenters. The lowest BCUT2D eigenvalue weighted by Crippen LogP contribution is -2.59. The van der Waals surface area contributed by atoms with E-state index in [2.05, 4.69) is 26.8 Å². The Hall–Kier alpha value is -1.87. The number of anilines is 1. The normalized spacial score (nSPS) is 29.2. The first-order chi connectivity index (χ1) is 15.5. The molecule has 8 nitrogen and oxygen atoms in total. The number of likely N-dealkylation sites (tertiary alicyclic amines) is 1. The van der Waals surface area contributed by atoms with Gasteiger partial charge >= 0.3 is 0 Å². The number of benzene rings is 1. The van der Waals surface area contributed by atoms with Gasteiger partial charge in [-0.3, -0.25) is 9.69 Å². The molecule has 4 aliphatic rings. The second-order valence-electron chi connectivity index (χ2n) is 9.66. The highest BCUT2D eigenvalue weighted by Crippen LogP contribution is 2.32. The van der Waals surface area contributed by atoms with Crippen LogP contribution in [0, 0.1) is 0 Å². The first kappa shape index (κ1) is 21.9. The van der Waals surface area contributed by atoms with Crippen LogP contribution in [-0.2, 0) is 14.3 Å². The van der Waals surface area contributed by atoms with Gasteiger partial charge in [-0.1, -0.05) is 0 Å². The Morgan fingerprint density at radius 3 is 2.53 bits per heavy atom. The van der Waals surface area contributed by atoms with Crippen LogP contribution in [0.3, 0.4) is 0 Å². The monoisotopic (exact) mass is 445 g/mol. The van der Waals surface area contributed by atoms with Crippen molar-refractivity contribution in [2.75, 3.05) is 64.6 Å². The molecule has 32 heavy (non-hydrogen) atoms. The van der Waals surface area contributed by atoms with Crippen molar-refractivity contribution in [2.24, 2.45) is 0 Å². The number of piperidine rings is 1. The maximum absolute atomic E-state index is 12.7. The summed E-state index contributed by atoms with van der Waals surface area (Å²) in [4.78, 5) is 19.4. The Morgan fingerprint density at radius 1 is 1.12 bits per heavy atom. The van der Waals surface area contributed by atoms with Crippen LogP contribution in [0.4, 0.5) is 5.69 Å². The van der Waals surface area contributed by atoms with Gasteiger partial charge in [0, 0.05) is 57.7 Å². The van der Waals surface area contributed by atoms with Gasteiger partial charge in [0.2, 0.25) is 5.91 Å². The van der Waals surface area contributed by atoms with Gasteiger partial charge in [0.15, 0.2) is 0 Å². The number of hydrogen-bond acceptors (Lipinski definition) is 7. The summed E-state index contributed by atoms with van der Waals surface area (Å²) in [7, 11) is 1.67. The molecular weight excluding hydrogens is 410 g/mol. The van der Waals surface area contributed by atoms with Crippen LogP contribution in [0.15, 0.2) is 24.3 Å². The third-order valence-corrected chi connectivity index (χ3v) is 7.61. The fourth-order valence-corrected chi connectivity index (χ4v) is 5.82. The van der Waals surface area contributed by atoms with Crippen molar-refractivity contribution < 1.29 is 24.1 Å². The van der Waals surface area contributed by atoms with E-state index in [0.717, 1.165) is 70.8 Å². The Balaban J connectivity index is 1.18. The van der Waals surface area contributed by atoms with Gasteiger partial charge in [-0.25, -0.2) is 0 Å². The van der Waals surface area contributed by atoms with Crippen molar-refractivity contribution in [1.29, 1.82) is 0 Å². The average molecular weight is 446 g/mol. The van der Waals surface area contributed by atoms with Gasteiger partial charge in [0.05, 0.1) is 24.9 Å². The zero-order valence-electron chi connectivity index (χ0n) is 18.9. The number of rotatable bonds is 5. The minimum absolute atomic E-state index is 0.0403. The molecule has 1 amide bonds. The van der Waals surface area contributed by atoms with Gasteiger partial charge in [0.25, 0.3) is 0 Å². The number of β-amino-alcohol motifs (C(OH)–C–C–N with tert-alkyl or cyclic N) is 1. The summed E-state index contributed by atoms with van der Waals surface area (Å²) in [6.07, 6.45) is 3.31. The van der Waals surface area contributed by atoms with E-state index in [1.807, 2.05) is 12.1 Å². The molecule has 0 spiro atoms. The number of carbonyl (C=O) groups is 1. The minimum atomic E-state index is -0.704. The van der Waals surface area contributed by atoms with Crippen LogP contribution in [0.25, 0.3) is 0 Å². The number of nitrogens with zero attached hydrogens (tertiary/aromatic N) is 3. The van der Waals surface area contributed by atoms with Crippen LogP contribution in [0.5, 0.6) is 5.75 Å². The standard InChI is InChI=1S/C24H35N3O5/c1-30-20-4-2-18(3-5-20)26-10-8-24(29,9-11-26)17-25-14-21-22(15-25)32-16-23(28)27(21)19-6-12-31-13-7-19/h2-5,19,21-22,29H,6-17H2,1H3/t21-,22-/m0/s1. The van der Waals surface area contributed by atoms with E-state index in [1.165, 1.54) is 5.69 Å². The van der Waals surface area contributed by atoms with E-state index >= 15 is 0 Å². The van der Waals surface area contributed by atoms with Crippen LogP contribution in [0.2, 0.25) is 0 Å². The number of hydrogen-bond donors (Lipinski definition) is 1. The maximum Gasteiger partial charge on any atom is 0.249 e. The fraction of sp³-hybridized carbons (Fsp3) is 0.708. The lowest BCUT2D eigenvalue weighted by Gasteiger charge is -2.43. The van der Waals surface area contributed by atoms with E-state index in [0.29, 0.717) is 6.54 Å². The average Bonchev–Trinajstić information content (AvgIpc) is 3.22. The summed E-state index contributed by atoms with van der Waals surface area (Å²) in [5.74, 6) is 0.958. The molecule has 1 aromatic rings. The first-order valence-electron chi connectivity index (χ1n) is 11.9. The molecular formula is C24H35N3O5. The molecule has 176 valence electrons. The third-order valence-electron chi connectivity index (χ3n) is 7.61. The number of amides is 1. The summed E-state index contributed by atoms with van der Waals surface area (Å²) in [5, 5.41) is 11.4. The van der Waals surface area contributed by atoms with E-state index in [4.69, 9.17) is 14.2 Å². The van der Waals surface area contributed by atoms with Crippen molar-refractivity contribution >= 4 is 11.6 Å². The molecule has 4 aliphatic heterocycles. The van der Waals surface area contributed by atoms with Gasteiger partial charge in [-0.2, -0.15) is 0 Å². The molecule has 0 aliphatic carbocycles. The summed E-state index contributed by atoms with van der Waals surface area (Å²) in [6.45, 7) is 5.46. The topological polar surface area (TPSA) is 74.7 Å². The SMILES string of the molecule is COc1ccc(N2CCC(O)(CN3C[C@@H]4OCC(=O)N(C5CCOCC5)[C@H]4C3)CC2)cc1. The van der Waals surface area contributed by atoms with Crippen LogP contribution in [0.1, 0.15) is 25.7 Å². The number of methoxy groups -OCH3 is 1. The smallest absolute Gasteiger partial charge is 0.249 e. The third kappa shape index (κ3) is 4.46. The zero-order valence-corrected chi connectivity index (χ0v) is 18.9. The van der Waals surface area contributed by atoms with E-state index < -0.39 is 5.60 Å². The molecule has 1 N–H and O–H groups in total. The summed E-state index contributed by atoms with van der Waals surface area (Å²) < 4.78 is 16.7. The molecule has 2 atom stereocenters. The predicted molar refractivity (Wildman–Crippen MR) is 120 cm³/mol. The van der Waals surface area contributed by atoms with Crippen molar-refractivity contribution in [3.8, 4) is 5.75 Å². The second kappa shape index (κ2) is 9.17. The number of morpholine rings is 1. The Bertz CT molecular complexity index is 789. The van der Waals surface area contributed by atoms with Crippen molar-refractivity contribution in [3.63, 3.8) is 0 Å². The molecule has 0 bridgehead atoms. The number of fused-ring (bicyclic) bond motifs is 1. The van der Waals surface area contributed by atoms with E-state index in [9.17, 15) is 9.90 Å². The number of aliphatic hydroxyl groups is 1. The molecule has 1 aromatic carbocycles. The second-order valence-corrected chi connectivity index (χ2v) is 9.66. The number of carbonyl (C=O) groups excluding carboxylic acids is 1. The minimum Gasteiger partial charge on any atom is -0.497 e. The predicted octanol–water partition coefficient (Wildman–Crippen LogP) is 1.12. The van der Waals surface area contributed by atoms with Crippen LogP contribution < -0.4 is 9.64 Å². The highest BCUT2D eigenvalue weighted by Gasteiger charge is 2.47. The van der Waals surface area contributed by atoms with Crippen LogP contribution >= 0.6 is 0 Å². The quantitative estimate of drug-likeness (QED) is 0.728. The van der Waals surface area contributed by atoms with E-state index in [1.54, 1.807) is 7.11 Å². The first-order valence-corrected chi connectivity index (χ1v) is 11.9. The lowest BCUT2D eigenvalue weighted by molar-refractivity contribution is -0.159. The zero-order chi connectivity index (χ0) is 22.1. The van der Waals surface area contributed by atoms with Gasteiger partial charge in [0.1, 0.15) is 12.4 Å². The van der Waals surface area contributed by atoms with Gasteiger partial charge < -0.3 is 29.1 Å². The van der Waals surface area contributed by atoms with Gasteiger partial charge in [-0.05, 0) is 49.9 Å². The summed E-state index contributed by atoms with van der Waals surface area (Å²) in [5.41, 5.74) is 0.461. The molecule has 4 saturated heterocycles. The highest BCUT2D eigenvalue weighted by molar-refractivity contribution is 5.79. The highest BCUT2D eigenvalue weighted by atomic mass is 16.5. The summed E-state index contributed by atoms with van der Waals surface area (Å²) in [6, 6.07) is 8.45. The van der Waals surface area contributed by atoms with Crippen molar-refractivity contribution in [3.05, 3.63) is 24.3 Å². The summed E-state index contributed by atoms with van der Waals surface area (Å²) >= 11 is 0. The lowest BCUT2D eigenvalue weighted by atomic mass is 9.90. The Kier molecular flexibility index (Phi) is 6.29. The maximum atomic E-state index is 12.7. The molecule has 4 fully saturated rings. The molecule has 4 heterocycles. The van der Waals surface area contributed by atoms with E-state index in [-0.39, 0.29) is 30.7 Å². The molecule has 0 saturated carbocycles. The molecule has 0 radical (unpaired) electrons. The Morgan fingerprint density at radius 2 is 1.84 bits per heavy atom. The van der Waals surface area contributed by atoms with Crippen LogP contribution in [-0.4, -0.2) is 104 Å². The fourth-order valence-electron chi connectivity index (χ4n) is 5.82. The molecule has 8 heteroatoms. The van der Waals surface area contributed by atoms with Crippen molar-refractivity contribution in [2.45, 2.75) is 49.5 Å². The van der Waals surface area contributed by atoms with Crippen molar-refractivity contribution in [1.82, 2.24) is 9.80 Å². The Labute approximate surface area is 190 Å². The van der Waals surface area contributed by atoms with Gasteiger partial charge in [-0.15, -0.1) is 0 Å². The molecule has 5 rings (SSSR count). The molecule has 0 aromatic heterocycles. The largest absolute Gasteiger partial charge is 0.497 e.